The number of nitrogens with one attached hydrogen (secondary N) is 1. The van der Waals surface area contributed by atoms with Crippen molar-refractivity contribution in [2.45, 2.75) is 33.1 Å². The van der Waals surface area contributed by atoms with Gasteiger partial charge < -0.3 is 9.84 Å². The summed E-state index contributed by atoms with van der Waals surface area (Å²) < 4.78 is 4.97. The fraction of sp³-hybridized carbons (Fsp3) is 0.462. The first-order chi connectivity index (χ1) is 8.08. The van der Waals surface area contributed by atoms with Crippen LogP contribution in [0.15, 0.2) is 30.3 Å². The van der Waals surface area contributed by atoms with Gasteiger partial charge in [0, 0.05) is 0 Å². The molecule has 1 atom stereocenters. The van der Waals surface area contributed by atoms with Gasteiger partial charge >= 0.3 is 6.09 Å². The molecule has 94 valence electrons. The van der Waals surface area contributed by atoms with Crippen LogP contribution in [0.2, 0.25) is 0 Å². The van der Waals surface area contributed by atoms with Crippen molar-refractivity contribution in [2.24, 2.45) is 5.92 Å². The lowest BCUT2D eigenvalue weighted by Crippen LogP contribution is -2.35. The lowest BCUT2D eigenvalue weighted by atomic mass is 10.1. The van der Waals surface area contributed by atoms with Gasteiger partial charge in [0.25, 0.3) is 0 Å². The molecule has 0 radical (unpaired) electrons. The van der Waals surface area contributed by atoms with Gasteiger partial charge in [-0.2, -0.15) is 0 Å². The minimum Gasteiger partial charge on any atom is -0.445 e. The molecule has 1 amide bonds. The third-order valence-corrected chi connectivity index (χ3v) is 2.19. The Kier molecular flexibility index (Phi) is 5.49. The molecule has 0 aliphatic heterocycles. The average molecular weight is 237 g/mol. The summed E-state index contributed by atoms with van der Waals surface area (Å²) in [5.74, 6) is 0.319. The molecule has 1 aromatic rings. The first-order valence-electron chi connectivity index (χ1n) is 5.73. The number of aliphatic hydroxyl groups is 1. The summed E-state index contributed by atoms with van der Waals surface area (Å²) in [4.78, 5) is 11.3. The first-order valence-corrected chi connectivity index (χ1v) is 5.73. The van der Waals surface area contributed by atoms with Crippen molar-refractivity contribution in [3.63, 3.8) is 0 Å². The Morgan fingerprint density at radius 3 is 2.59 bits per heavy atom. The van der Waals surface area contributed by atoms with Crippen LogP contribution in [0.5, 0.6) is 0 Å². The van der Waals surface area contributed by atoms with E-state index in [4.69, 9.17) is 4.74 Å². The lowest BCUT2D eigenvalue weighted by molar-refractivity contribution is 0.0838. The summed E-state index contributed by atoms with van der Waals surface area (Å²) in [6, 6.07) is 9.40. The van der Waals surface area contributed by atoms with Crippen LogP contribution in [0.4, 0.5) is 4.79 Å². The van der Waals surface area contributed by atoms with Crippen LogP contribution in [0, 0.1) is 5.92 Å². The summed E-state index contributed by atoms with van der Waals surface area (Å²) in [5.41, 5.74) is 0.918. The van der Waals surface area contributed by atoms with Crippen LogP contribution >= 0.6 is 0 Å². The molecular formula is C13H19NO3. The number of carbonyl (C=O) groups excluding carboxylic acids is 1. The van der Waals surface area contributed by atoms with E-state index in [1.807, 2.05) is 44.2 Å². The molecule has 0 heterocycles. The zero-order valence-electron chi connectivity index (χ0n) is 10.2. The van der Waals surface area contributed by atoms with Crippen molar-refractivity contribution in [1.82, 2.24) is 5.32 Å². The molecule has 0 aliphatic rings. The second-order valence-electron chi connectivity index (χ2n) is 4.35. The van der Waals surface area contributed by atoms with Gasteiger partial charge in [-0.15, -0.1) is 0 Å². The molecule has 4 nitrogen and oxygen atoms in total. The Labute approximate surface area is 102 Å². The molecule has 0 spiro atoms. The molecule has 2 N–H and O–H groups in total. The molecule has 0 bridgehead atoms. The minimum absolute atomic E-state index is 0.209. The highest BCUT2D eigenvalue weighted by atomic mass is 16.6. The monoisotopic (exact) mass is 237 g/mol. The van der Waals surface area contributed by atoms with Crippen molar-refractivity contribution in [1.29, 1.82) is 0 Å². The predicted molar refractivity (Wildman–Crippen MR) is 65.2 cm³/mol. The van der Waals surface area contributed by atoms with Gasteiger partial charge in [0.1, 0.15) is 12.8 Å². The molecular weight excluding hydrogens is 218 g/mol. The molecule has 0 saturated heterocycles. The summed E-state index contributed by atoms with van der Waals surface area (Å²) in [7, 11) is 0. The fourth-order valence-corrected chi connectivity index (χ4v) is 1.41. The van der Waals surface area contributed by atoms with Crippen molar-refractivity contribution in [3.05, 3.63) is 35.9 Å². The van der Waals surface area contributed by atoms with Crippen molar-refractivity contribution < 1.29 is 14.6 Å². The number of amides is 1. The van der Waals surface area contributed by atoms with Gasteiger partial charge in [-0.25, -0.2) is 4.79 Å². The Morgan fingerprint density at radius 2 is 2.00 bits per heavy atom. The van der Waals surface area contributed by atoms with Gasteiger partial charge in [-0.3, -0.25) is 5.32 Å². The van der Waals surface area contributed by atoms with E-state index in [0.29, 0.717) is 12.3 Å². The lowest BCUT2D eigenvalue weighted by Gasteiger charge is -2.14. The zero-order valence-corrected chi connectivity index (χ0v) is 10.2. The highest BCUT2D eigenvalue weighted by Gasteiger charge is 2.11. The van der Waals surface area contributed by atoms with E-state index < -0.39 is 12.3 Å². The molecule has 0 aliphatic carbocycles. The number of ether oxygens (including phenoxy) is 1. The summed E-state index contributed by atoms with van der Waals surface area (Å²) in [6.45, 7) is 4.15. The van der Waals surface area contributed by atoms with E-state index in [1.165, 1.54) is 0 Å². The smallest absolute Gasteiger partial charge is 0.409 e. The maximum Gasteiger partial charge on any atom is 0.409 e. The summed E-state index contributed by atoms with van der Waals surface area (Å²) in [5, 5.41) is 11.9. The quantitative estimate of drug-likeness (QED) is 0.772. The predicted octanol–water partition coefficient (Wildman–Crippen LogP) is 2.28. The Balaban J connectivity index is 2.26. The molecule has 1 aromatic carbocycles. The molecule has 17 heavy (non-hydrogen) atoms. The van der Waals surface area contributed by atoms with Gasteiger partial charge in [-0.05, 0) is 17.9 Å². The second kappa shape index (κ2) is 6.91. The number of alkyl carbamates (subject to hydrolysis) is 1. The highest BCUT2D eigenvalue weighted by Crippen LogP contribution is 2.03. The average Bonchev–Trinajstić information content (AvgIpc) is 2.26. The summed E-state index contributed by atoms with van der Waals surface area (Å²) in [6.07, 6.45) is -0.930. The van der Waals surface area contributed by atoms with E-state index in [9.17, 15) is 9.90 Å². The summed E-state index contributed by atoms with van der Waals surface area (Å²) >= 11 is 0. The van der Waals surface area contributed by atoms with E-state index in [0.717, 1.165) is 5.56 Å². The van der Waals surface area contributed by atoms with Crippen LogP contribution in [0.25, 0.3) is 0 Å². The number of carbonyl (C=O) groups is 1. The molecule has 1 rings (SSSR count). The van der Waals surface area contributed by atoms with Gasteiger partial charge in [0.15, 0.2) is 0 Å². The molecule has 0 aromatic heterocycles. The SMILES string of the molecule is CC(C)CC(O)NC(=O)OCc1ccccc1. The highest BCUT2D eigenvalue weighted by molar-refractivity contribution is 5.67. The third-order valence-electron chi connectivity index (χ3n) is 2.19. The largest absolute Gasteiger partial charge is 0.445 e. The number of benzene rings is 1. The number of aliphatic hydroxyl groups excluding tert-OH is 1. The number of rotatable bonds is 5. The van der Waals surface area contributed by atoms with Crippen molar-refractivity contribution in [2.75, 3.05) is 0 Å². The van der Waals surface area contributed by atoms with Crippen LogP contribution in [0.1, 0.15) is 25.8 Å². The Hall–Kier alpha value is -1.55. The number of hydrogen-bond donors (Lipinski definition) is 2. The van der Waals surface area contributed by atoms with E-state index in [-0.39, 0.29) is 6.61 Å². The number of hydrogen-bond acceptors (Lipinski definition) is 3. The van der Waals surface area contributed by atoms with Crippen LogP contribution in [-0.2, 0) is 11.3 Å². The molecule has 0 saturated carbocycles. The van der Waals surface area contributed by atoms with E-state index in [1.54, 1.807) is 0 Å². The van der Waals surface area contributed by atoms with Crippen LogP contribution < -0.4 is 5.32 Å². The molecule has 4 heteroatoms. The van der Waals surface area contributed by atoms with Crippen molar-refractivity contribution in [3.8, 4) is 0 Å². The van der Waals surface area contributed by atoms with Crippen molar-refractivity contribution >= 4 is 6.09 Å². The minimum atomic E-state index is -0.849. The van der Waals surface area contributed by atoms with Crippen LogP contribution in [0.3, 0.4) is 0 Å². The third kappa shape index (κ3) is 5.92. The van der Waals surface area contributed by atoms with Gasteiger partial charge in [0.05, 0.1) is 0 Å². The van der Waals surface area contributed by atoms with Gasteiger partial charge in [-0.1, -0.05) is 44.2 Å². The Morgan fingerprint density at radius 1 is 1.35 bits per heavy atom. The van der Waals surface area contributed by atoms with Gasteiger partial charge in [0.2, 0.25) is 0 Å². The first kappa shape index (κ1) is 13.5. The topological polar surface area (TPSA) is 58.6 Å². The second-order valence-corrected chi connectivity index (χ2v) is 4.35. The standard InChI is InChI=1S/C13H19NO3/c1-10(2)8-12(15)14-13(16)17-9-11-6-4-3-5-7-11/h3-7,10,12,15H,8-9H2,1-2H3,(H,14,16). The van der Waals surface area contributed by atoms with E-state index >= 15 is 0 Å². The maximum absolute atomic E-state index is 11.3. The maximum atomic E-state index is 11.3. The normalized spacial score (nSPS) is 12.2. The zero-order chi connectivity index (χ0) is 12.7. The molecule has 0 fully saturated rings. The fourth-order valence-electron chi connectivity index (χ4n) is 1.41. The Bertz CT molecular complexity index is 338. The molecule has 1 unspecified atom stereocenters. The van der Waals surface area contributed by atoms with E-state index in [2.05, 4.69) is 5.32 Å². The van der Waals surface area contributed by atoms with Crippen LogP contribution in [-0.4, -0.2) is 17.4 Å².